The molecule has 2 N–H and O–H groups in total. The Kier molecular flexibility index (Phi) is 6.81. The fourth-order valence-corrected chi connectivity index (χ4v) is 1.88. The number of H-pyrrole nitrogens is 1. The van der Waals surface area contributed by atoms with Gasteiger partial charge >= 0.3 is 0 Å². The molecule has 0 spiro atoms. The number of carbonyl (C=O) groups excluding carboxylic acids is 1. The molecule has 0 aliphatic heterocycles. The molecule has 1 amide bonds. The molecule has 1 aromatic rings. The van der Waals surface area contributed by atoms with E-state index in [2.05, 4.69) is 21.9 Å². The van der Waals surface area contributed by atoms with Gasteiger partial charge in [-0.1, -0.05) is 12.2 Å². The van der Waals surface area contributed by atoms with Crippen LogP contribution < -0.4 is 10.9 Å². The van der Waals surface area contributed by atoms with Gasteiger partial charge in [0.15, 0.2) is 0 Å². The predicted octanol–water partition coefficient (Wildman–Crippen LogP) is 1.03. The van der Waals surface area contributed by atoms with Crippen molar-refractivity contribution in [3.63, 3.8) is 0 Å². The first-order valence-corrected chi connectivity index (χ1v) is 6.95. The van der Waals surface area contributed by atoms with Crippen LogP contribution in [0, 0.1) is 13.8 Å². The van der Waals surface area contributed by atoms with Gasteiger partial charge < -0.3 is 15.0 Å². The van der Waals surface area contributed by atoms with Crippen molar-refractivity contribution in [1.29, 1.82) is 0 Å². The van der Waals surface area contributed by atoms with Gasteiger partial charge in [0.2, 0.25) is 5.91 Å². The lowest BCUT2D eigenvalue weighted by Gasteiger charge is -2.07. The van der Waals surface area contributed by atoms with Gasteiger partial charge in [0.1, 0.15) is 5.82 Å². The van der Waals surface area contributed by atoms with Gasteiger partial charge in [-0.25, -0.2) is 4.98 Å². The highest BCUT2D eigenvalue weighted by Gasteiger charge is 2.09. The topological polar surface area (TPSA) is 84.1 Å². The smallest absolute Gasteiger partial charge is 0.254 e. The molecule has 0 aliphatic carbocycles. The summed E-state index contributed by atoms with van der Waals surface area (Å²) in [7, 11) is 0. The second-order valence-electron chi connectivity index (χ2n) is 5.07. The van der Waals surface area contributed by atoms with Crippen LogP contribution in [0.2, 0.25) is 0 Å². The summed E-state index contributed by atoms with van der Waals surface area (Å²) in [5, 5.41) is 2.75. The summed E-state index contributed by atoms with van der Waals surface area (Å²) in [6.45, 7) is 10.5. The van der Waals surface area contributed by atoms with E-state index in [0.29, 0.717) is 43.3 Å². The number of hydrogen-bond acceptors (Lipinski definition) is 4. The Balaban J connectivity index is 2.34. The van der Waals surface area contributed by atoms with Crippen LogP contribution >= 0.6 is 0 Å². The van der Waals surface area contributed by atoms with Crippen molar-refractivity contribution < 1.29 is 9.53 Å². The van der Waals surface area contributed by atoms with Gasteiger partial charge in [0.25, 0.3) is 5.56 Å². The molecule has 21 heavy (non-hydrogen) atoms. The largest absolute Gasteiger partial charge is 0.375 e. The van der Waals surface area contributed by atoms with Crippen LogP contribution in [0.1, 0.15) is 30.4 Å². The van der Waals surface area contributed by atoms with Gasteiger partial charge in [0, 0.05) is 24.2 Å². The van der Waals surface area contributed by atoms with Gasteiger partial charge in [-0.05, 0) is 27.2 Å². The van der Waals surface area contributed by atoms with Crippen LogP contribution in [0.5, 0.6) is 0 Å². The number of nitrogens with one attached hydrogen (secondary N) is 2. The monoisotopic (exact) mass is 293 g/mol. The molecule has 0 fully saturated rings. The maximum Gasteiger partial charge on any atom is 0.254 e. The summed E-state index contributed by atoms with van der Waals surface area (Å²) in [5.74, 6) is 0.480. The van der Waals surface area contributed by atoms with Crippen molar-refractivity contribution in [2.45, 2.75) is 33.6 Å². The molecule has 0 aliphatic rings. The summed E-state index contributed by atoms with van der Waals surface area (Å²) in [6, 6.07) is 0. The maximum atomic E-state index is 11.8. The molecule has 0 atom stereocenters. The number of aryl methyl sites for hydroxylation is 2. The van der Waals surface area contributed by atoms with Crippen molar-refractivity contribution in [2.24, 2.45) is 0 Å². The Hall–Kier alpha value is -1.95. The summed E-state index contributed by atoms with van der Waals surface area (Å²) >= 11 is 0. The second kappa shape index (κ2) is 8.36. The SMILES string of the molecule is C=C(C)COCCNC(=O)CCc1c(C)nc(C)[nH]c1=O. The number of nitrogens with zero attached hydrogens (tertiary/aromatic N) is 1. The highest BCUT2D eigenvalue weighted by molar-refractivity contribution is 5.76. The molecule has 1 aromatic heterocycles. The molecule has 0 radical (unpaired) electrons. The number of hydrogen-bond donors (Lipinski definition) is 2. The molecule has 116 valence electrons. The zero-order valence-electron chi connectivity index (χ0n) is 12.9. The zero-order chi connectivity index (χ0) is 15.8. The average molecular weight is 293 g/mol. The molecule has 0 bridgehead atoms. The van der Waals surface area contributed by atoms with Crippen molar-refractivity contribution in [2.75, 3.05) is 19.8 Å². The van der Waals surface area contributed by atoms with E-state index in [1.54, 1.807) is 13.8 Å². The first kappa shape index (κ1) is 17.1. The highest BCUT2D eigenvalue weighted by Crippen LogP contribution is 2.02. The zero-order valence-corrected chi connectivity index (χ0v) is 12.9. The lowest BCUT2D eigenvalue weighted by atomic mass is 10.1. The van der Waals surface area contributed by atoms with E-state index >= 15 is 0 Å². The molecule has 6 heteroatoms. The van der Waals surface area contributed by atoms with Crippen molar-refractivity contribution in [3.05, 3.63) is 39.6 Å². The van der Waals surface area contributed by atoms with Crippen LogP contribution in [0.15, 0.2) is 16.9 Å². The van der Waals surface area contributed by atoms with Crippen LogP contribution in [0.3, 0.4) is 0 Å². The minimum Gasteiger partial charge on any atom is -0.375 e. The van der Waals surface area contributed by atoms with E-state index in [1.807, 2.05) is 6.92 Å². The maximum absolute atomic E-state index is 11.8. The number of ether oxygens (including phenoxy) is 1. The van der Waals surface area contributed by atoms with E-state index in [9.17, 15) is 9.59 Å². The molecule has 0 saturated heterocycles. The van der Waals surface area contributed by atoms with Gasteiger partial charge in [-0.15, -0.1) is 0 Å². The molecule has 6 nitrogen and oxygen atoms in total. The van der Waals surface area contributed by atoms with Crippen LogP contribution in [-0.4, -0.2) is 35.6 Å². The van der Waals surface area contributed by atoms with Crippen molar-refractivity contribution in [3.8, 4) is 0 Å². The lowest BCUT2D eigenvalue weighted by Crippen LogP contribution is -2.28. The van der Waals surface area contributed by atoms with Gasteiger partial charge in [-0.3, -0.25) is 9.59 Å². The molecular weight excluding hydrogens is 270 g/mol. The number of amides is 1. The highest BCUT2D eigenvalue weighted by atomic mass is 16.5. The number of aromatic amines is 1. The fraction of sp³-hybridized carbons (Fsp3) is 0.533. The minimum absolute atomic E-state index is 0.103. The standard InChI is InChI=1S/C15H23N3O3/c1-10(2)9-21-8-7-16-14(19)6-5-13-11(3)17-12(4)18-15(13)20/h1,5-9H2,2-4H3,(H,16,19)(H,17,18,20). The fourth-order valence-electron chi connectivity index (χ4n) is 1.88. The Morgan fingerprint density at radius 2 is 2.14 bits per heavy atom. The lowest BCUT2D eigenvalue weighted by molar-refractivity contribution is -0.121. The summed E-state index contributed by atoms with van der Waals surface area (Å²) in [6.07, 6.45) is 0.641. The average Bonchev–Trinajstić information content (AvgIpc) is 2.36. The first-order valence-electron chi connectivity index (χ1n) is 6.95. The second-order valence-corrected chi connectivity index (χ2v) is 5.07. The first-order chi connectivity index (χ1) is 9.90. The Morgan fingerprint density at radius 1 is 1.43 bits per heavy atom. The van der Waals surface area contributed by atoms with Crippen molar-refractivity contribution in [1.82, 2.24) is 15.3 Å². The van der Waals surface area contributed by atoms with Crippen LogP contribution in [0.4, 0.5) is 0 Å². The third-order valence-corrected chi connectivity index (χ3v) is 2.86. The number of aromatic nitrogens is 2. The van der Waals surface area contributed by atoms with E-state index in [1.165, 1.54) is 0 Å². The molecule has 0 unspecified atom stereocenters. The minimum atomic E-state index is -0.169. The van der Waals surface area contributed by atoms with E-state index in [-0.39, 0.29) is 17.9 Å². The molecule has 0 aromatic carbocycles. The summed E-state index contributed by atoms with van der Waals surface area (Å²) < 4.78 is 5.28. The third-order valence-electron chi connectivity index (χ3n) is 2.86. The van der Waals surface area contributed by atoms with E-state index in [0.717, 1.165) is 5.57 Å². The molecule has 0 saturated carbocycles. The third kappa shape index (κ3) is 6.35. The summed E-state index contributed by atoms with van der Waals surface area (Å²) in [5.41, 5.74) is 2.02. The molecular formula is C15H23N3O3. The predicted molar refractivity (Wildman–Crippen MR) is 81.3 cm³/mol. The van der Waals surface area contributed by atoms with Crippen LogP contribution in [-0.2, 0) is 16.0 Å². The van der Waals surface area contributed by atoms with Gasteiger partial charge in [-0.2, -0.15) is 0 Å². The Bertz CT molecular complexity index is 564. The van der Waals surface area contributed by atoms with E-state index in [4.69, 9.17) is 4.74 Å². The Labute approximate surface area is 124 Å². The van der Waals surface area contributed by atoms with Crippen molar-refractivity contribution >= 4 is 5.91 Å². The van der Waals surface area contributed by atoms with Gasteiger partial charge in [0.05, 0.1) is 13.2 Å². The Morgan fingerprint density at radius 3 is 2.76 bits per heavy atom. The van der Waals surface area contributed by atoms with Crippen LogP contribution in [0.25, 0.3) is 0 Å². The number of rotatable bonds is 8. The normalized spacial score (nSPS) is 10.4. The molecule has 1 rings (SSSR count). The quantitative estimate of drug-likeness (QED) is 0.554. The van der Waals surface area contributed by atoms with E-state index < -0.39 is 0 Å². The summed E-state index contributed by atoms with van der Waals surface area (Å²) in [4.78, 5) is 30.3. The molecule has 1 heterocycles. The number of carbonyl (C=O) groups is 1.